The highest BCUT2D eigenvalue weighted by Gasteiger charge is 2.38. The van der Waals surface area contributed by atoms with Crippen molar-refractivity contribution in [2.24, 2.45) is 11.8 Å². The SMILES string of the molecule is Cc1c(C(=O)N2C[C@H]3CNC[C@H]3C2)cnn1-c1ccc(F)cc1.Cl. The van der Waals surface area contributed by atoms with Gasteiger partial charge < -0.3 is 10.2 Å². The van der Waals surface area contributed by atoms with Gasteiger partial charge in [-0.3, -0.25) is 4.79 Å². The van der Waals surface area contributed by atoms with Crippen LogP contribution in [-0.2, 0) is 0 Å². The first-order valence-corrected chi connectivity index (χ1v) is 7.94. The van der Waals surface area contributed by atoms with Crippen molar-refractivity contribution in [1.29, 1.82) is 0 Å². The zero-order valence-electron chi connectivity index (χ0n) is 13.4. The van der Waals surface area contributed by atoms with E-state index in [-0.39, 0.29) is 24.1 Å². The molecule has 2 fully saturated rings. The second-order valence-corrected chi connectivity index (χ2v) is 6.42. The summed E-state index contributed by atoms with van der Waals surface area (Å²) in [4.78, 5) is 14.7. The first-order valence-electron chi connectivity index (χ1n) is 7.94. The quantitative estimate of drug-likeness (QED) is 0.901. The number of amides is 1. The topological polar surface area (TPSA) is 50.2 Å². The second-order valence-electron chi connectivity index (χ2n) is 6.42. The molecule has 0 radical (unpaired) electrons. The van der Waals surface area contributed by atoms with E-state index in [2.05, 4.69) is 10.4 Å². The molecule has 2 aliphatic heterocycles. The Hall–Kier alpha value is -1.92. The predicted molar refractivity (Wildman–Crippen MR) is 91.3 cm³/mol. The lowest BCUT2D eigenvalue weighted by molar-refractivity contribution is 0.0781. The Balaban J connectivity index is 0.00000169. The van der Waals surface area contributed by atoms with E-state index in [1.54, 1.807) is 23.0 Å². The van der Waals surface area contributed by atoms with Crippen molar-refractivity contribution in [2.75, 3.05) is 26.2 Å². The van der Waals surface area contributed by atoms with Gasteiger partial charge in [0.15, 0.2) is 0 Å². The van der Waals surface area contributed by atoms with Crippen LogP contribution >= 0.6 is 12.4 Å². The van der Waals surface area contributed by atoms with Crippen molar-refractivity contribution in [3.05, 3.63) is 47.5 Å². The summed E-state index contributed by atoms with van der Waals surface area (Å²) in [5.41, 5.74) is 2.17. The molecule has 1 N–H and O–H groups in total. The Morgan fingerprint density at radius 2 is 1.83 bits per heavy atom. The van der Waals surface area contributed by atoms with Crippen LogP contribution in [0.3, 0.4) is 0 Å². The predicted octanol–water partition coefficient (Wildman–Crippen LogP) is 2.03. The number of halogens is 2. The zero-order valence-corrected chi connectivity index (χ0v) is 14.2. The molecule has 0 bridgehead atoms. The van der Waals surface area contributed by atoms with Crippen LogP contribution in [0.5, 0.6) is 0 Å². The van der Waals surface area contributed by atoms with Crippen molar-refractivity contribution in [3.8, 4) is 5.69 Å². The van der Waals surface area contributed by atoms with E-state index in [1.165, 1.54) is 12.1 Å². The molecule has 2 atom stereocenters. The number of nitrogens with one attached hydrogen (secondary N) is 1. The molecule has 1 amide bonds. The lowest BCUT2D eigenvalue weighted by Crippen LogP contribution is -2.32. The van der Waals surface area contributed by atoms with Gasteiger partial charge in [-0.1, -0.05) is 0 Å². The molecule has 1 aromatic carbocycles. The van der Waals surface area contributed by atoms with E-state index in [1.807, 2.05) is 11.8 Å². The molecule has 0 aliphatic carbocycles. The fourth-order valence-electron chi connectivity index (χ4n) is 3.65. The third-order valence-corrected chi connectivity index (χ3v) is 4.99. The normalized spacial score (nSPS) is 22.3. The fraction of sp³-hybridized carbons (Fsp3) is 0.412. The molecular weight excluding hydrogens is 331 g/mol. The average Bonchev–Trinajstić information content (AvgIpc) is 3.22. The molecule has 0 saturated carbocycles. The van der Waals surface area contributed by atoms with Crippen molar-refractivity contribution < 1.29 is 9.18 Å². The van der Waals surface area contributed by atoms with Crippen LogP contribution in [0.2, 0.25) is 0 Å². The summed E-state index contributed by atoms with van der Waals surface area (Å²) in [5.74, 6) is 0.912. The van der Waals surface area contributed by atoms with E-state index >= 15 is 0 Å². The van der Waals surface area contributed by atoms with Gasteiger partial charge in [0.25, 0.3) is 5.91 Å². The molecule has 128 valence electrons. The summed E-state index contributed by atoms with van der Waals surface area (Å²) in [6.45, 7) is 5.52. The summed E-state index contributed by atoms with van der Waals surface area (Å²) in [5, 5.41) is 7.69. The van der Waals surface area contributed by atoms with Gasteiger partial charge in [0, 0.05) is 26.2 Å². The molecule has 1 aromatic heterocycles. The number of benzene rings is 1. The number of nitrogens with zero attached hydrogens (tertiary/aromatic N) is 3. The summed E-state index contributed by atoms with van der Waals surface area (Å²) in [7, 11) is 0. The highest BCUT2D eigenvalue weighted by molar-refractivity contribution is 5.95. The van der Waals surface area contributed by atoms with Gasteiger partial charge in [0.05, 0.1) is 23.1 Å². The van der Waals surface area contributed by atoms with Gasteiger partial charge in [-0.15, -0.1) is 12.4 Å². The Kier molecular flexibility index (Phi) is 4.60. The van der Waals surface area contributed by atoms with Crippen LogP contribution in [0.4, 0.5) is 4.39 Å². The van der Waals surface area contributed by atoms with Crippen LogP contribution in [0.1, 0.15) is 16.1 Å². The average molecular weight is 351 g/mol. The first-order chi connectivity index (χ1) is 11.1. The number of rotatable bonds is 2. The third kappa shape index (κ3) is 2.80. The minimum Gasteiger partial charge on any atom is -0.338 e. The Labute approximate surface area is 146 Å². The molecule has 4 rings (SSSR count). The van der Waals surface area contributed by atoms with Gasteiger partial charge >= 0.3 is 0 Å². The number of carbonyl (C=O) groups is 1. The van der Waals surface area contributed by atoms with Crippen LogP contribution in [0, 0.1) is 24.6 Å². The Bertz CT molecular complexity index is 734. The first kappa shape index (κ1) is 16.9. The number of hydrogen-bond donors (Lipinski definition) is 1. The van der Waals surface area contributed by atoms with E-state index in [0.29, 0.717) is 17.4 Å². The number of hydrogen-bond acceptors (Lipinski definition) is 3. The molecule has 24 heavy (non-hydrogen) atoms. The van der Waals surface area contributed by atoms with Gasteiger partial charge in [-0.05, 0) is 43.0 Å². The molecule has 0 spiro atoms. The minimum absolute atomic E-state index is 0. The van der Waals surface area contributed by atoms with E-state index in [4.69, 9.17) is 0 Å². The summed E-state index contributed by atoms with van der Waals surface area (Å²) >= 11 is 0. The maximum Gasteiger partial charge on any atom is 0.257 e. The van der Waals surface area contributed by atoms with Crippen molar-refractivity contribution in [1.82, 2.24) is 20.0 Å². The minimum atomic E-state index is -0.285. The van der Waals surface area contributed by atoms with Crippen molar-refractivity contribution in [3.63, 3.8) is 0 Å². The highest BCUT2D eigenvalue weighted by Crippen LogP contribution is 2.28. The maximum atomic E-state index is 13.1. The number of aromatic nitrogens is 2. The summed E-state index contributed by atoms with van der Waals surface area (Å²) in [6.07, 6.45) is 1.62. The molecule has 5 nitrogen and oxygen atoms in total. The number of carbonyl (C=O) groups excluding carboxylic acids is 1. The molecule has 2 saturated heterocycles. The molecule has 0 unspecified atom stereocenters. The van der Waals surface area contributed by atoms with Crippen molar-refractivity contribution >= 4 is 18.3 Å². The summed E-state index contributed by atoms with van der Waals surface area (Å²) < 4.78 is 14.7. The third-order valence-electron chi connectivity index (χ3n) is 4.99. The Morgan fingerprint density at radius 1 is 1.21 bits per heavy atom. The maximum absolute atomic E-state index is 13.1. The molecule has 2 aromatic rings. The number of fused-ring (bicyclic) bond motifs is 1. The van der Waals surface area contributed by atoms with E-state index < -0.39 is 0 Å². The molecular formula is C17H20ClFN4O. The fourth-order valence-corrected chi connectivity index (χ4v) is 3.65. The largest absolute Gasteiger partial charge is 0.338 e. The summed E-state index contributed by atoms with van der Waals surface area (Å²) in [6, 6.07) is 6.12. The molecule has 7 heteroatoms. The van der Waals surface area contributed by atoms with Crippen LogP contribution in [0.25, 0.3) is 5.69 Å². The second kappa shape index (κ2) is 6.53. The van der Waals surface area contributed by atoms with Crippen molar-refractivity contribution in [2.45, 2.75) is 6.92 Å². The molecule has 2 aliphatic rings. The monoisotopic (exact) mass is 350 g/mol. The lowest BCUT2D eigenvalue weighted by Gasteiger charge is -2.17. The smallest absolute Gasteiger partial charge is 0.257 e. The van der Waals surface area contributed by atoms with Gasteiger partial charge in [-0.2, -0.15) is 5.10 Å². The Morgan fingerprint density at radius 3 is 2.46 bits per heavy atom. The number of likely N-dealkylation sites (tertiary alicyclic amines) is 1. The van der Waals surface area contributed by atoms with Crippen LogP contribution in [-0.4, -0.2) is 46.8 Å². The lowest BCUT2D eigenvalue weighted by atomic mass is 10.0. The van der Waals surface area contributed by atoms with E-state index in [9.17, 15) is 9.18 Å². The van der Waals surface area contributed by atoms with E-state index in [0.717, 1.165) is 37.6 Å². The van der Waals surface area contributed by atoms with Gasteiger partial charge in [0.1, 0.15) is 5.82 Å². The standard InChI is InChI=1S/C17H19FN4O.ClH/c1-11-16(8-20-22(11)15-4-2-14(18)3-5-15)17(23)21-9-12-6-19-7-13(12)10-21;/h2-5,8,12-13,19H,6-7,9-10H2,1H3;1H/t12-,13+;. The van der Waals surface area contributed by atoms with Gasteiger partial charge in [0.2, 0.25) is 0 Å². The highest BCUT2D eigenvalue weighted by atomic mass is 35.5. The van der Waals surface area contributed by atoms with Gasteiger partial charge in [-0.25, -0.2) is 9.07 Å². The molecule has 3 heterocycles. The van der Waals surface area contributed by atoms with Crippen LogP contribution < -0.4 is 5.32 Å². The zero-order chi connectivity index (χ0) is 16.0. The van der Waals surface area contributed by atoms with Crippen LogP contribution in [0.15, 0.2) is 30.5 Å².